The van der Waals surface area contributed by atoms with Crippen molar-refractivity contribution in [3.05, 3.63) is 89.1 Å². The van der Waals surface area contributed by atoms with Crippen LogP contribution in [0, 0.1) is 0 Å². The molecule has 0 radical (unpaired) electrons. The van der Waals surface area contributed by atoms with Gasteiger partial charge in [-0.3, -0.25) is 4.90 Å². The van der Waals surface area contributed by atoms with Crippen LogP contribution >= 0.6 is 0 Å². The van der Waals surface area contributed by atoms with Crippen LogP contribution in [0.15, 0.2) is 66.9 Å². The Hall–Kier alpha value is -3.91. The fourth-order valence-corrected chi connectivity index (χ4v) is 4.17. The van der Waals surface area contributed by atoms with Crippen molar-refractivity contribution >= 4 is 17.8 Å². The van der Waals surface area contributed by atoms with Crippen LogP contribution in [0.2, 0.25) is 0 Å². The van der Waals surface area contributed by atoms with E-state index in [9.17, 15) is 9.59 Å². The number of aromatic nitrogens is 1. The van der Waals surface area contributed by atoms with Crippen molar-refractivity contribution in [2.24, 2.45) is 0 Å². The third-order valence-corrected chi connectivity index (χ3v) is 6.13. The van der Waals surface area contributed by atoms with Gasteiger partial charge in [0, 0.05) is 38.9 Å². The van der Waals surface area contributed by atoms with Crippen molar-refractivity contribution in [1.29, 1.82) is 0 Å². The molecule has 3 aromatic rings. The number of carbonyl (C=O) groups is 2. The van der Waals surface area contributed by atoms with Gasteiger partial charge in [-0.05, 0) is 61.4 Å². The summed E-state index contributed by atoms with van der Waals surface area (Å²) in [4.78, 5) is 33.1. The summed E-state index contributed by atoms with van der Waals surface area (Å²) in [5.74, 6) is 0.800. The fourth-order valence-electron chi connectivity index (χ4n) is 4.17. The third kappa shape index (κ3) is 7.07. The first-order valence-electron chi connectivity index (χ1n) is 12.4. The molecule has 0 spiro atoms. The number of esters is 2. The van der Waals surface area contributed by atoms with Crippen molar-refractivity contribution < 1.29 is 23.8 Å². The Kier molecular flexibility index (Phi) is 8.74. The lowest BCUT2D eigenvalue weighted by molar-refractivity contribution is 0.0377. The molecule has 0 unspecified atom stereocenters. The number of piperazine rings is 1. The summed E-state index contributed by atoms with van der Waals surface area (Å²) >= 11 is 0. The van der Waals surface area contributed by atoms with Crippen molar-refractivity contribution in [1.82, 2.24) is 9.88 Å². The lowest BCUT2D eigenvalue weighted by Gasteiger charge is -2.36. The molecule has 194 valence electrons. The molecular weight excluding hydrogens is 470 g/mol. The second-order valence-electron chi connectivity index (χ2n) is 9.21. The van der Waals surface area contributed by atoms with E-state index in [0.29, 0.717) is 23.6 Å². The molecule has 0 amide bonds. The van der Waals surface area contributed by atoms with E-state index < -0.39 is 0 Å². The SMILES string of the molecule is COC(=O)c1ccc(COc2ccc(CN3CCN(c4ncccc4C(=O)OC(C)C)CC3)cc2)cc1. The number of ether oxygens (including phenoxy) is 3. The van der Waals surface area contributed by atoms with E-state index in [1.807, 2.05) is 38.1 Å². The summed E-state index contributed by atoms with van der Waals surface area (Å²) in [7, 11) is 1.37. The molecule has 0 atom stereocenters. The van der Waals surface area contributed by atoms with Gasteiger partial charge in [-0.1, -0.05) is 24.3 Å². The Morgan fingerprint density at radius 1 is 0.892 bits per heavy atom. The number of anilines is 1. The predicted molar refractivity (Wildman–Crippen MR) is 141 cm³/mol. The van der Waals surface area contributed by atoms with Crippen LogP contribution in [0.4, 0.5) is 5.82 Å². The summed E-state index contributed by atoms with van der Waals surface area (Å²) < 4.78 is 16.0. The molecule has 1 aliphatic rings. The highest BCUT2D eigenvalue weighted by molar-refractivity contribution is 5.95. The number of pyridine rings is 1. The number of hydrogen-bond acceptors (Lipinski definition) is 8. The second kappa shape index (κ2) is 12.4. The maximum atomic E-state index is 12.5. The predicted octanol–water partition coefficient (Wildman–Crippen LogP) is 4.33. The first-order valence-corrected chi connectivity index (χ1v) is 12.4. The van der Waals surface area contributed by atoms with Crippen LogP contribution in [0.5, 0.6) is 5.75 Å². The van der Waals surface area contributed by atoms with Crippen LogP contribution in [0.25, 0.3) is 0 Å². The maximum absolute atomic E-state index is 12.5. The van der Waals surface area contributed by atoms with Gasteiger partial charge in [0.2, 0.25) is 0 Å². The standard InChI is InChI=1S/C29H33N3O5/c1-21(2)37-29(34)26-5-4-14-30-27(26)32-17-15-31(16-18-32)19-22-8-12-25(13-9-22)36-20-23-6-10-24(11-7-23)28(33)35-3/h4-14,21H,15-20H2,1-3H3. The lowest BCUT2D eigenvalue weighted by Crippen LogP contribution is -2.46. The summed E-state index contributed by atoms with van der Waals surface area (Å²) in [6, 6.07) is 18.9. The Labute approximate surface area is 217 Å². The van der Waals surface area contributed by atoms with Gasteiger partial charge in [-0.25, -0.2) is 14.6 Å². The topological polar surface area (TPSA) is 81.2 Å². The minimum absolute atomic E-state index is 0.172. The molecule has 0 N–H and O–H groups in total. The van der Waals surface area contributed by atoms with E-state index in [0.717, 1.165) is 44.0 Å². The van der Waals surface area contributed by atoms with Crippen LogP contribution in [-0.2, 0) is 22.6 Å². The molecule has 1 aromatic heterocycles. The first-order chi connectivity index (χ1) is 17.9. The molecule has 1 saturated heterocycles. The molecule has 2 aromatic carbocycles. The van der Waals surface area contributed by atoms with Crippen molar-refractivity contribution in [2.45, 2.75) is 33.1 Å². The van der Waals surface area contributed by atoms with E-state index in [1.165, 1.54) is 12.7 Å². The molecule has 1 fully saturated rings. The van der Waals surface area contributed by atoms with Crippen molar-refractivity contribution in [3.63, 3.8) is 0 Å². The Morgan fingerprint density at radius 2 is 1.57 bits per heavy atom. The summed E-state index contributed by atoms with van der Waals surface area (Å²) in [6.45, 7) is 8.26. The van der Waals surface area contributed by atoms with Gasteiger partial charge < -0.3 is 19.1 Å². The van der Waals surface area contributed by atoms with Crippen molar-refractivity contribution in [2.75, 3.05) is 38.2 Å². The third-order valence-electron chi connectivity index (χ3n) is 6.13. The zero-order valence-electron chi connectivity index (χ0n) is 21.6. The Balaban J connectivity index is 1.26. The van der Waals surface area contributed by atoms with E-state index in [4.69, 9.17) is 14.2 Å². The first kappa shape index (κ1) is 26.2. The van der Waals surface area contributed by atoms with E-state index in [2.05, 4.69) is 26.9 Å². The smallest absolute Gasteiger partial charge is 0.342 e. The van der Waals surface area contributed by atoms with E-state index in [1.54, 1.807) is 30.5 Å². The number of rotatable bonds is 9. The maximum Gasteiger partial charge on any atom is 0.342 e. The monoisotopic (exact) mass is 503 g/mol. The quantitative estimate of drug-likeness (QED) is 0.399. The van der Waals surface area contributed by atoms with Crippen LogP contribution in [-0.4, -0.2) is 61.2 Å². The van der Waals surface area contributed by atoms with Crippen LogP contribution in [0.1, 0.15) is 45.7 Å². The van der Waals surface area contributed by atoms with Crippen LogP contribution < -0.4 is 9.64 Å². The Bertz CT molecular complexity index is 1190. The normalized spacial score (nSPS) is 13.9. The molecule has 2 heterocycles. The largest absolute Gasteiger partial charge is 0.489 e. The molecular formula is C29H33N3O5. The molecule has 0 aliphatic carbocycles. The lowest BCUT2D eigenvalue weighted by atomic mass is 10.1. The Morgan fingerprint density at radius 3 is 2.22 bits per heavy atom. The summed E-state index contributed by atoms with van der Waals surface area (Å²) in [6.07, 6.45) is 1.54. The average molecular weight is 504 g/mol. The number of carbonyl (C=O) groups excluding carboxylic acids is 2. The molecule has 4 rings (SSSR count). The highest BCUT2D eigenvalue weighted by Crippen LogP contribution is 2.22. The van der Waals surface area contributed by atoms with Gasteiger partial charge in [0.05, 0.1) is 18.8 Å². The van der Waals surface area contributed by atoms with Gasteiger partial charge in [0.25, 0.3) is 0 Å². The minimum Gasteiger partial charge on any atom is -0.489 e. The molecule has 8 heteroatoms. The molecule has 37 heavy (non-hydrogen) atoms. The molecule has 0 bridgehead atoms. The zero-order valence-corrected chi connectivity index (χ0v) is 21.6. The van der Waals surface area contributed by atoms with Gasteiger partial charge in [0.1, 0.15) is 23.7 Å². The summed E-state index contributed by atoms with van der Waals surface area (Å²) in [5.41, 5.74) is 3.22. The number of methoxy groups -OCH3 is 1. The summed E-state index contributed by atoms with van der Waals surface area (Å²) in [5, 5.41) is 0. The van der Waals surface area contributed by atoms with E-state index >= 15 is 0 Å². The van der Waals surface area contributed by atoms with Gasteiger partial charge >= 0.3 is 11.9 Å². The molecule has 1 aliphatic heterocycles. The zero-order chi connectivity index (χ0) is 26.2. The number of benzene rings is 2. The fraction of sp³-hybridized carbons (Fsp3) is 0.345. The second-order valence-corrected chi connectivity index (χ2v) is 9.21. The highest BCUT2D eigenvalue weighted by Gasteiger charge is 2.23. The number of nitrogens with zero attached hydrogens (tertiary/aromatic N) is 3. The molecule has 0 saturated carbocycles. The van der Waals surface area contributed by atoms with E-state index in [-0.39, 0.29) is 18.0 Å². The molecule has 8 nitrogen and oxygen atoms in total. The average Bonchev–Trinajstić information content (AvgIpc) is 2.92. The van der Waals surface area contributed by atoms with Gasteiger partial charge in [0.15, 0.2) is 0 Å². The van der Waals surface area contributed by atoms with Gasteiger partial charge in [-0.15, -0.1) is 0 Å². The minimum atomic E-state index is -0.350. The van der Waals surface area contributed by atoms with Gasteiger partial charge in [-0.2, -0.15) is 0 Å². The number of hydrogen-bond donors (Lipinski definition) is 0. The van der Waals surface area contributed by atoms with Crippen molar-refractivity contribution in [3.8, 4) is 5.75 Å². The van der Waals surface area contributed by atoms with Crippen LogP contribution in [0.3, 0.4) is 0 Å². The highest BCUT2D eigenvalue weighted by atomic mass is 16.5.